The van der Waals surface area contributed by atoms with Crippen LogP contribution >= 0.6 is 0 Å². The Morgan fingerprint density at radius 2 is 2.22 bits per heavy atom. The zero-order valence-electron chi connectivity index (χ0n) is 10.9. The van der Waals surface area contributed by atoms with Gasteiger partial charge < -0.3 is 10.1 Å². The molecule has 1 aliphatic heterocycles. The molecule has 1 aliphatic rings. The first-order chi connectivity index (χ1) is 8.60. The van der Waals surface area contributed by atoms with E-state index >= 15 is 0 Å². The largest absolute Gasteiger partial charge is 0.497 e. The Bertz CT molecular complexity index is 480. The first-order valence-electron chi connectivity index (χ1n) is 6.10. The minimum Gasteiger partial charge on any atom is -0.497 e. The number of amides is 1. The molecule has 0 saturated heterocycles. The van der Waals surface area contributed by atoms with E-state index in [1.165, 1.54) is 0 Å². The molecule has 0 fully saturated rings. The van der Waals surface area contributed by atoms with Crippen LogP contribution in [0.2, 0.25) is 0 Å². The molecule has 2 rings (SSSR count). The van der Waals surface area contributed by atoms with Crippen LogP contribution in [0.5, 0.6) is 5.75 Å². The number of rotatable bonds is 4. The lowest BCUT2D eigenvalue weighted by Crippen LogP contribution is -2.31. The number of amidine groups is 1. The quantitative estimate of drug-likeness (QED) is 0.880. The predicted molar refractivity (Wildman–Crippen MR) is 70.9 cm³/mol. The summed E-state index contributed by atoms with van der Waals surface area (Å²) in [6.07, 6.45) is 0.631. The molecule has 1 N–H and O–H groups in total. The molecular weight excluding hydrogens is 228 g/mol. The number of carbonyl (C=O) groups excluding carboxylic acids is 1. The summed E-state index contributed by atoms with van der Waals surface area (Å²) >= 11 is 0. The molecule has 1 amide bonds. The minimum atomic E-state index is -0.245. The van der Waals surface area contributed by atoms with Crippen molar-refractivity contribution < 1.29 is 9.53 Å². The fraction of sp³-hybridized carbons (Fsp3) is 0.429. The van der Waals surface area contributed by atoms with Crippen LogP contribution in [0.25, 0.3) is 0 Å². The topological polar surface area (TPSA) is 50.7 Å². The van der Waals surface area contributed by atoms with Crippen LogP contribution in [-0.2, 0) is 11.2 Å². The SMILES string of the molecule is COc1cccc(CC2=NC(C(C)C)C(=O)N2)c1. The predicted octanol–water partition coefficient (Wildman–Crippen LogP) is 1.79. The molecule has 96 valence electrons. The van der Waals surface area contributed by atoms with E-state index < -0.39 is 0 Å². The first kappa shape index (κ1) is 12.6. The van der Waals surface area contributed by atoms with Crippen LogP contribution in [0, 0.1) is 5.92 Å². The number of hydrogen-bond donors (Lipinski definition) is 1. The summed E-state index contributed by atoms with van der Waals surface area (Å²) in [5.41, 5.74) is 1.08. The van der Waals surface area contributed by atoms with Gasteiger partial charge in [0.1, 0.15) is 17.6 Å². The van der Waals surface area contributed by atoms with E-state index in [1.54, 1.807) is 7.11 Å². The van der Waals surface area contributed by atoms with Gasteiger partial charge in [-0.1, -0.05) is 26.0 Å². The van der Waals surface area contributed by atoms with Crippen molar-refractivity contribution in [3.63, 3.8) is 0 Å². The molecule has 4 heteroatoms. The highest BCUT2D eigenvalue weighted by Crippen LogP contribution is 2.16. The third-order valence-corrected chi connectivity index (χ3v) is 2.97. The highest BCUT2D eigenvalue weighted by molar-refractivity contribution is 6.06. The number of aliphatic imine (C=N–C) groups is 1. The van der Waals surface area contributed by atoms with Gasteiger partial charge >= 0.3 is 0 Å². The Morgan fingerprint density at radius 3 is 2.83 bits per heavy atom. The molecule has 1 heterocycles. The lowest BCUT2D eigenvalue weighted by atomic mass is 10.1. The first-order valence-corrected chi connectivity index (χ1v) is 6.10. The summed E-state index contributed by atoms with van der Waals surface area (Å²) in [4.78, 5) is 16.1. The van der Waals surface area contributed by atoms with Crippen molar-refractivity contribution in [2.75, 3.05) is 7.11 Å². The monoisotopic (exact) mass is 246 g/mol. The van der Waals surface area contributed by atoms with Crippen LogP contribution in [0.3, 0.4) is 0 Å². The van der Waals surface area contributed by atoms with E-state index in [0.29, 0.717) is 6.42 Å². The Balaban J connectivity index is 2.10. The molecule has 1 unspecified atom stereocenters. The van der Waals surface area contributed by atoms with Crippen molar-refractivity contribution in [2.24, 2.45) is 10.9 Å². The van der Waals surface area contributed by atoms with Crippen LogP contribution in [0.15, 0.2) is 29.3 Å². The molecule has 0 radical (unpaired) electrons. The van der Waals surface area contributed by atoms with Gasteiger partial charge in [0.25, 0.3) is 0 Å². The Labute approximate surface area is 107 Å². The average Bonchev–Trinajstić information content (AvgIpc) is 2.70. The van der Waals surface area contributed by atoms with Gasteiger partial charge in [-0.3, -0.25) is 9.79 Å². The number of ether oxygens (including phenoxy) is 1. The zero-order valence-corrected chi connectivity index (χ0v) is 10.9. The number of hydrogen-bond acceptors (Lipinski definition) is 3. The van der Waals surface area contributed by atoms with E-state index in [9.17, 15) is 4.79 Å². The van der Waals surface area contributed by atoms with Crippen molar-refractivity contribution in [2.45, 2.75) is 26.3 Å². The maximum atomic E-state index is 11.7. The van der Waals surface area contributed by atoms with E-state index in [0.717, 1.165) is 17.1 Å². The third-order valence-electron chi connectivity index (χ3n) is 2.97. The van der Waals surface area contributed by atoms with E-state index in [4.69, 9.17) is 4.74 Å². The number of nitrogens with one attached hydrogen (secondary N) is 1. The lowest BCUT2D eigenvalue weighted by Gasteiger charge is -2.06. The van der Waals surface area contributed by atoms with Crippen molar-refractivity contribution >= 4 is 11.7 Å². The average molecular weight is 246 g/mol. The smallest absolute Gasteiger partial charge is 0.250 e. The molecule has 1 atom stereocenters. The fourth-order valence-electron chi connectivity index (χ4n) is 1.99. The van der Waals surface area contributed by atoms with E-state index in [1.807, 2.05) is 38.1 Å². The maximum Gasteiger partial charge on any atom is 0.250 e. The Morgan fingerprint density at radius 1 is 1.44 bits per heavy atom. The summed E-state index contributed by atoms with van der Waals surface area (Å²) in [5.74, 6) is 1.79. The minimum absolute atomic E-state index is 0.00268. The summed E-state index contributed by atoms with van der Waals surface area (Å²) in [7, 11) is 1.64. The molecule has 18 heavy (non-hydrogen) atoms. The second kappa shape index (κ2) is 5.21. The molecule has 0 aromatic heterocycles. The fourth-order valence-corrected chi connectivity index (χ4v) is 1.99. The second-order valence-corrected chi connectivity index (χ2v) is 4.78. The van der Waals surface area contributed by atoms with Crippen molar-refractivity contribution in [1.82, 2.24) is 5.32 Å². The summed E-state index contributed by atoms with van der Waals surface area (Å²) < 4.78 is 5.17. The second-order valence-electron chi connectivity index (χ2n) is 4.78. The van der Waals surface area contributed by atoms with Crippen LogP contribution in [0.1, 0.15) is 19.4 Å². The van der Waals surface area contributed by atoms with Gasteiger partial charge in [0.05, 0.1) is 7.11 Å². The summed E-state index contributed by atoms with van der Waals surface area (Å²) in [5, 5.41) is 2.84. The lowest BCUT2D eigenvalue weighted by molar-refractivity contribution is -0.120. The maximum absolute atomic E-state index is 11.7. The molecule has 1 aromatic carbocycles. The highest BCUT2D eigenvalue weighted by Gasteiger charge is 2.28. The van der Waals surface area contributed by atoms with Gasteiger partial charge in [-0.15, -0.1) is 0 Å². The summed E-state index contributed by atoms with van der Waals surface area (Å²) in [6.45, 7) is 4.00. The van der Waals surface area contributed by atoms with Crippen molar-refractivity contribution in [1.29, 1.82) is 0 Å². The van der Waals surface area contributed by atoms with Gasteiger partial charge in [0, 0.05) is 6.42 Å². The highest BCUT2D eigenvalue weighted by atomic mass is 16.5. The Kier molecular flexibility index (Phi) is 3.65. The summed E-state index contributed by atoms with van der Waals surface area (Å²) in [6, 6.07) is 7.55. The van der Waals surface area contributed by atoms with Crippen LogP contribution in [-0.4, -0.2) is 24.9 Å². The molecule has 4 nitrogen and oxygen atoms in total. The zero-order chi connectivity index (χ0) is 13.1. The van der Waals surface area contributed by atoms with E-state index in [2.05, 4.69) is 10.3 Å². The third kappa shape index (κ3) is 2.70. The molecule has 0 spiro atoms. The normalized spacial score (nSPS) is 18.8. The number of nitrogens with zero attached hydrogens (tertiary/aromatic N) is 1. The van der Waals surface area contributed by atoms with Gasteiger partial charge in [-0.2, -0.15) is 0 Å². The number of methoxy groups -OCH3 is 1. The van der Waals surface area contributed by atoms with Crippen LogP contribution in [0.4, 0.5) is 0 Å². The standard InChI is InChI=1S/C14H18N2O2/c1-9(2)13-14(17)16-12(15-13)8-10-5-4-6-11(7-10)18-3/h4-7,9,13H,8H2,1-3H3,(H,15,16,17). The molecule has 0 bridgehead atoms. The molecule has 0 aliphatic carbocycles. The van der Waals surface area contributed by atoms with Gasteiger partial charge in [0.15, 0.2) is 0 Å². The van der Waals surface area contributed by atoms with Crippen LogP contribution < -0.4 is 10.1 Å². The Hall–Kier alpha value is -1.84. The molecule has 0 saturated carbocycles. The molecular formula is C14H18N2O2. The number of benzene rings is 1. The number of carbonyl (C=O) groups is 1. The van der Waals surface area contributed by atoms with Crippen molar-refractivity contribution in [3.05, 3.63) is 29.8 Å². The van der Waals surface area contributed by atoms with E-state index in [-0.39, 0.29) is 17.9 Å². The molecule has 1 aromatic rings. The van der Waals surface area contributed by atoms with Gasteiger partial charge in [0.2, 0.25) is 5.91 Å². The van der Waals surface area contributed by atoms with Crippen molar-refractivity contribution in [3.8, 4) is 5.75 Å². The van der Waals surface area contributed by atoms with Gasteiger partial charge in [-0.05, 0) is 23.6 Å². The van der Waals surface area contributed by atoms with Gasteiger partial charge in [-0.25, -0.2) is 0 Å².